The van der Waals surface area contributed by atoms with Gasteiger partial charge >= 0.3 is 0 Å². The van der Waals surface area contributed by atoms with Crippen molar-refractivity contribution in [2.45, 2.75) is 18.3 Å². The number of aliphatic hydroxyl groups excluding tert-OH is 1. The highest BCUT2D eigenvalue weighted by Crippen LogP contribution is 2.47. The molecule has 3 aromatic rings. The number of hydrogen-bond acceptors (Lipinski definition) is 2. The summed E-state index contributed by atoms with van der Waals surface area (Å²) >= 11 is 0. The Morgan fingerprint density at radius 2 is 1.67 bits per heavy atom. The molecule has 104 valence electrons. The van der Waals surface area contributed by atoms with E-state index in [4.69, 9.17) is 0 Å². The van der Waals surface area contributed by atoms with E-state index in [2.05, 4.69) is 47.4 Å². The second kappa shape index (κ2) is 4.68. The van der Waals surface area contributed by atoms with E-state index in [0.717, 1.165) is 18.2 Å². The first-order valence-corrected chi connectivity index (χ1v) is 7.36. The Hall–Kier alpha value is -2.19. The summed E-state index contributed by atoms with van der Waals surface area (Å²) in [4.78, 5) is 4.19. The van der Waals surface area contributed by atoms with E-state index in [1.165, 1.54) is 22.1 Å². The molecule has 2 heteroatoms. The van der Waals surface area contributed by atoms with Crippen LogP contribution >= 0.6 is 0 Å². The summed E-state index contributed by atoms with van der Waals surface area (Å²) in [5.41, 5.74) is 3.72. The summed E-state index contributed by atoms with van der Waals surface area (Å²) in [5.74, 6) is 0. The Bertz CT molecular complexity index is 788. The van der Waals surface area contributed by atoms with Gasteiger partial charge in [0, 0.05) is 23.2 Å². The van der Waals surface area contributed by atoms with E-state index in [0.29, 0.717) is 0 Å². The molecule has 1 fully saturated rings. The van der Waals surface area contributed by atoms with Gasteiger partial charge in [-0.3, -0.25) is 4.98 Å². The van der Waals surface area contributed by atoms with Gasteiger partial charge in [0.15, 0.2) is 0 Å². The third-order valence-electron chi connectivity index (χ3n) is 4.63. The average molecular weight is 275 g/mol. The van der Waals surface area contributed by atoms with Crippen LogP contribution < -0.4 is 0 Å². The van der Waals surface area contributed by atoms with Crippen molar-refractivity contribution in [1.82, 2.24) is 4.98 Å². The predicted octanol–water partition coefficient (Wildman–Crippen LogP) is 3.93. The minimum Gasteiger partial charge on any atom is -0.395 e. The topological polar surface area (TPSA) is 33.1 Å². The van der Waals surface area contributed by atoms with Crippen LogP contribution in [-0.4, -0.2) is 16.7 Å². The van der Waals surface area contributed by atoms with Crippen molar-refractivity contribution in [2.75, 3.05) is 6.61 Å². The Kier molecular flexibility index (Phi) is 2.79. The first kappa shape index (κ1) is 12.5. The average Bonchev–Trinajstić information content (AvgIpc) is 3.36. The number of hydrogen-bond donors (Lipinski definition) is 1. The summed E-state index contributed by atoms with van der Waals surface area (Å²) in [5, 5.41) is 11.9. The second-order valence-electron chi connectivity index (χ2n) is 5.95. The van der Waals surface area contributed by atoms with Crippen LogP contribution in [0.25, 0.3) is 21.9 Å². The monoisotopic (exact) mass is 275 g/mol. The largest absolute Gasteiger partial charge is 0.395 e. The Morgan fingerprint density at radius 3 is 2.38 bits per heavy atom. The standard InChI is InChI=1S/C19H17NO/c21-13-19(8-9-19)18-5-3-14(4-6-18)16-2-1-15-7-10-20-12-17(15)11-16/h1-7,10-12,21H,8-9,13H2. The molecule has 0 spiro atoms. The van der Waals surface area contributed by atoms with E-state index in [9.17, 15) is 5.11 Å². The SMILES string of the molecule is OCC1(c2ccc(-c3ccc4ccncc4c3)cc2)CC1. The second-order valence-corrected chi connectivity index (χ2v) is 5.95. The first-order valence-electron chi connectivity index (χ1n) is 7.36. The van der Waals surface area contributed by atoms with Crippen LogP contribution in [0.1, 0.15) is 18.4 Å². The summed E-state index contributed by atoms with van der Waals surface area (Å²) < 4.78 is 0. The number of nitrogens with zero attached hydrogens (tertiary/aromatic N) is 1. The number of aromatic nitrogens is 1. The van der Waals surface area contributed by atoms with Crippen LogP contribution in [-0.2, 0) is 5.41 Å². The molecular formula is C19H17NO. The predicted molar refractivity (Wildman–Crippen MR) is 85.2 cm³/mol. The Balaban J connectivity index is 1.71. The van der Waals surface area contributed by atoms with Gasteiger partial charge in [-0.25, -0.2) is 0 Å². The molecule has 2 nitrogen and oxygen atoms in total. The highest BCUT2D eigenvalue weighted by molar-refractivity contribution is 5.86. The van der Waals surface area contributed by atoms with Gasteiger partial charge in [-0.1, -0.05) is 36.4 Å². The molecule has 1 aromatic heterocycles. The lowest BCUT2D eigenvalue weighted by Gasteiger charge is -2.13. The quantitative estimate of drug-likeness (QED) is 0.785. The fourth-order valence-electron chi connectivity index (χ4n) is 2.97. The molecule has 0 bridgehead atoms. The number of aliphatic hydroxyl groups is 1. The van der Waals surface area contributed by atoms with Gasteiger partial charge in [-0.15, -0.1) is 0 Å². The molecule has 0 atom stereocenters. The molecule has 2 aromatic carbocycles. The lowest BCUT2D eigenvalue weighted by atomic mass is 9.94. The summed E-state index contributed by atoms with van der Waals surface area (Å²) in [7, 11) is 0. The van der Waals surface area contributed by atoms with Crippen molar-refractivity contribution in [3.05, 3.63) is 66.5 Å². The molecule has 0 aliphatic heterocycles. The number of benzene rings is 2. The van der Waals surface area contributed by atoms with Crippen LogP contribution in [0.2, 0.25) is 0 Å². The molecule has 0 unspecified atom stereocenters. The van der Waals surface area contributed by atoms with E-state index in [1.54, 1.807) is 0 Å². The maximum Gasteiger partial charge on any atom is 0.0527 e. The molecule has 1 heterocycles. The maximum absolute atomic E-state index is 9.51. The van der Waals surface area contributed by atoms with E-state index in [1.807, 2.05) is 18.5 Å². The molecule has 0 amide bonds. The van der Waals surface area contributed by atoms with Crippen molar-refractivity contribution in [2.24, 2.45) is 0 Å². The molecule has 1 aliphatic carbocycles. The molecular weight excluding hydrogens is 258 g/mol. The van der Waals surface area contributed by atoms with Gasteiger partial charge in [0.1, 0.15) is 0 Å². The maximum atomic E-state index is 9.51. The van der Waals surface area contributed by atoms with Crippen LogP contribution in [0.15, 0.2) is 60.9 Å². The number of fused-ring (bicyclic) bond motifs is 1. The fraction of sp³-hybridized carbons (Fsp3) is 0.211. The van der Waals surface area contributed by atoms with Crippen LogP contribution in [0.4, 0.5) is 0 Å². The summed E-state index contributed by atoms with van der Waals surface area (Å²) in [6.45, 7) is 0.258. The molecule has 1 saturated carbocycles. The van der Waals surface area contributed by atoms with Gasteiger partial charge in [-0.05, 0) is 47.1 Å². The van der Waals surface area contributed by atoms with Crippen molar-refractivity contribution < 1.29 is 5.11 Å². The van der Waals surface area contributed by atoms with Crippen LogP contribution in [0.3, 0.4) is 0 Å². The number of pyridine rings is 1. The highest BCUT2D eigenvalue weighted by atomic mass is 16.3. The zero-order chi connectivity index (χ0) is 14.3. The lowest BCUT2D eigenvalue weighted by molar-refractivity contribution is 0.255. The molecule has 0 saturated heterocycles. The molecule has 21 heavy (non-hydrogen) atoms. The minimum atomic E-state index is 0.0475. The molecule has 4 rings (SSSR count). The van der Waals surface area contributed by atoms with Gasteiger partial charge in [0.05, 0.1) is 6.61 Å². The molecule has 1 N–H and O–H groups in total. The number of rotatable bonds is 3. The lowest BCUT2D eigenvalue weighted by Crippen LogP contribution is -2.11. The fourth-order valence-corrected chi connectivity index (χ4v) is 2.97. The highest BCUT2D eigenvalue weighted by Gasteiger charge is 2.43. The normalized spacial score (nSPS) is 16.0. The molecule has 0 radical (unpaired) electrons. The van der Waals surface area contributed by atoms with Crippen molar-refractivity contribution >= 4 is 10.8 Å². The van der Waals surface area contributed by atoms with Gasteiger partial charge in [0.25, 0.3) is 0 Å². The van der Waals surface area contributed by atoms with Gasteiger partial charge in [-0.2, -0.15) is 0 Å². The van der Waals surface area contributed by atoms with Gasteiger partial charge in [0.2, 0.25) is 0 Å². The van der Waals surface area contributed by atoms with Gasteiger partial charge < -0.3 is 5.11 Å². The van der Waals surface area contributed by atoms with E-state index in [-0.39, 0.29) is 12.0 Å². The van der Waals surface area contributed by atoms with Crippen molar-refractivity contribution in [1.29, 1.82) is 0 Å². The third-order valence-corrected chi connectivity index (χ3v) is 4.63. The summed E-state index contributed by atoms with van der Waals surface area (Å²) in [6, 6.07) is 17.1. The first-order chi connectivity index (χ1) is 10.3. The van der Waals surface area contributed by atoms with Crippen molar-refractivity contribution in [3.8, 4) is 11.1 Å². The van der Waals surface area contributed by atoms with Crippen molar-refractivity contribution in [3.63, 3.8) is 0 Å². The Morgan fingerprint density at radius 1 is 0.905 bits per heavy atom. The molecule has 1 aliphatic rings. The Labute approximate surface area is 124 Å². The zero-order valence-electron chi connectivity index (χ0n) is 11.8. The summed E-state index contributed by atoms with van der Waals surface area (Å²) in [6.07, 6.45) is 5.92. The smallest absolute Gasteiger partial charge is 0.0527 e. The minimum absolute atomic E-state index is 0.0475. The van der Waals surface area contributed by atoms with E-state index >= 15 is 0 Å². The van der Waals surface area contributed by atoms with E-state index < -0.39 is 0 Å². The zero-order valence-corrected chi connectivity index (χ0v) is 11.8. The third kappa shape index (κ3) is 2.12. The van der Waals surface area contributed by atoms with Crippen LogP contribution in [0.5, 0.6) is 0 Å². The van der Waals surface area contributed by atoms with Crippen LogP contribution in [0, 0.1) is 0 Å².